The van der Waals surface area contributed by atoms with Gasteiger partial charge in [0.1, 0.15) is 5.75 Å². The Morgan fingerprint density at radius 2 is 1.74 bits per heavy atom. The van der Waals surface area contributed by atoms with Gasteiger partial charge in [0.2, 0.25) is 0 Å². The van der Waals surface area contributed by atoms with Crippen LogP contribution in [0.25, 0.3) is 22.2 Å². The van der Waals surface area contributed by atoms with Gasteiger partial charge in [0.05, 0.1) is 23.4 Å². The molecule has 0 saturated heterocycles. The summed E-state index contributed by atoms with van der Waals surface area (Å²) >= 11 is 0. The zero-order valence-electron chi connectivity index (χ0n) is 20.0. The molecule has 0 atom stereocenters. The quantitative estimate of drug-likeness (QED) is 0.223. The maximum absolute atomic E-state index is 12.8. The van der Waals surface area contributed by atoms with Crippen molar-refractivity contribution in [2.75, 3.05) is 19.8 Å². The third-order valence-corrected chi connectivity index (χ3v) is 5.51. The highest BCUT2D eigenvalue weighted by Gasteiger charge is 2.16. The summed E-state index contributed by atoms with van der Waals surface area (Å²) in [5.74, 6) is -0.114. The summed E-state index contributed by atoms with van der Waals surface area (Å²) in [5.41, 5.74) is 14.7. The first-order valence-corrected chi connectivity index (χ1v) is 11.8. The molecule has 180 valence electrons. The molecule has 7 nitrogen and oxygen atoms in total. The average Bonchev–Trinajstić information content (AvgIpc) is 2.82. The van der Waals surface area contributed by atoms with Gasteiger partial charge in [-0.25, -0.2) is 4.98 Å². The highest BCUT2D eigenvalue weighted by Crippen LogP contribution is 2.30. The summed E-state index contributed by atoms with van der Waals surface area (Å²) in [6.07, 6.45) is 5.25. The van der Waals surface area contributed by atoms with Crippen LogP contribution in [-0.2, 0) is 4.74 Å². The minimum atomic E-state index is -0.512. The monoisotopic (exact) mass is 462 g/mol. The number of aryl methyl sites for hydroxylation is 1. The van der Waals surface area contributed by atoms with Crippen LogP contribution in [0, 0.1) is 6.92 Å². The van der Waals surface area contributed by atoms with Gasteiger partial charge in [0.25, 0.3) is 5.91 Å². The highest BCUT2D eigenvalue weighted by atomic mass is 16.5. The Hall–Kier alpha value is -3.45. The van der Waals surface area contributed by atoms with E-state index < -0.39 is 5.91 Å². The van der Waals surface area contributed by atoms with Crippen molar-refractivity contribution < 1.29 is 14.3 Å². The second-order valence-corrected chi connectivity index (χ2v) is 8.27. The van der Waals surface area contributed by atoms with Gasteiger partial charge in [-0.05, 0) is 62.4 Å². The molecule has 0 fully saturated rings. The number of fused-ring (bicyclic) bond motifs is 1. The van der Waals surface area contributed by atoms with Gasteiger partial charge in [-0.15, -0.1) is 0 Å². The van der Waals surface area contributed by atoms with Crippen LogP contribution in [0.1, 0.15) is 54.9 Å². The second-order valence-electron chi connectivity index (χ2n) is 8.27. The average molecular weight is 463 g/mol. The minimum Gasteiger partial charge on any atom is -0.494 e. The minimum absolute atomic E-state index is 0.279. The van der Waals surface area contributed by atoms with Crippen LogP contribution in [0.5, 0.6) is 5.75 Å². The first kappa shape index (κ1) is 25.2. The Kier molecular flexibility index (Phi) is 9.40. The van der Waals surface area contributed by atoms with Crippen molar-refractivity contribution in [3.05, 3.63) is 59.7 Å². The van der Waals surface area contributed by atoms with Crippen LogP contribution in [0.4, 0.5) is 0 Å². The van der Waals surface area contributed by atoms with Gasteiger partial charge in [-0.3, -0.25) is 4.79 Å². The van der Waals surface area contributed by atoms with E-state index in [0.717, 1.165) is 56.4 Å². The van der Waals surface area contributed by atoms with E-state index in [2.05, 4.69) is 11.9 Å². The molecule has 0 aliphatic heterocycles. The van der Waals surface area contributed by atoms with E-state index in [9.17, 15) is 4.79 Å². The van der Waals surface area contributed by atoms with Crippen LogP contribution in [0.2, 0.25) is 0 Å². The van der Waals surface area contributed by atoms with E-state index in [1.54, 1.807) is 6.07 Å². The Balaban J connectivity index is 1.77. The molecule has 4 N–H and O–H groups in total. The summed E-state index contributed by atoms with van der Waals surface area (Å²) in [6, 6.07) is 15.2. The molecule has 34 heavy (non-hydrogen) atoms. The van der Waals surface area contributed by atoms with Crippen molar-refractivity contribution >= 4 is 22.8 Å². The van der Waals surface area contributed by atoms with E-state index in [-0.39, 0.29) is 5.96 Å². The molecule has 1 amide bonds. The van der Waals surface area contributed by atoms with E-state index >= 15 is 0 Å². The van der Waals surface area contributed by atoms with Gasteiger partial charge < -0.3 is 20.9 Å². The van der Waals surface area contributed by atoms with Crippen LogP contribution in [0.3, 0.4) is 0 Å². The fourth-order valence-electron chi connectivity index (χ4n) is 3.67. The second kappa shape index (κ2) is 12.7. The number of unbranched alkanes of at least 4 members (excludes halogenated alkanes) is 3. The number of aromatic nitrogens is 1. The number of ether oxygens (including phenoxy) is 2. The number of carbonyl (C=O) groups excluding carboxylic acids is 1. The first-order valence-electron chi connectivity index (χ1n) is 11.8. The Morgan fingerprint density at radius 1 is 0.971 bits per heavy atom. The molecule has 0 aliphatic rings. The van der Waals surface area contributed by atoms with E-state index in [0.29, 0.717) is 34.5 Å². The Labute approximate surface area is 201 Å². The number of hydrogen-bond acceptors (Lipinski definition) is 4. The molecule has 0 unspecified atom stereocenters. The van der Waals surface area contributed by atoms with E-state index in [1.807, 2.05) is 49.4 Å². The lowest BCUT2D eigenvalue weighted by atomic mass is 10.0. The SMILES string of the molecule is CCCCOCCCCCOc1ccc2nc(-c3ccccc3C)cc(C(=O)N=C(N)N)c2c1. The molecule has 1 heterocycles. The molecule has 7 heteroatoms. The number of nitrogens with zero attached hydrogens (tertiary/aromatic N) is 2. The number of carbonyl (C=O) groups is 1. The van der Waals surface area contributed by atoms with Crippen molar-refractivity contribution in [3.63, 3.8) is 0 Å². The number of guanidine groups is 1. The van der Waals surface area contributed by atoms with Gasteiger partial charge in [-0.1, -0.05) is 37.6 Å². The molecule has 3 aromatic rings. The van der Waals surface area contributed by atoms with Crippen molar-refractivity contribution in [1.82, 2.24) is 4.98 Å². The van der Waals surface area contributed by atoms with E-state index in [1.165, 1.54) is 0 Å². The molecule has 0 aliphatic carbocycles. The normalized spacial score (nSPS) is 10.9. The van der Waals surface area contributed by atoms with Crippen LogP contribution in [0.15, 0.2) is 53.5 Å². The number of rotatable bonds is 12. The Bertz CT molecular complexity index is 1140. The number of pyridine rings is 1. The lowest BCUT2D eigenvalue weighted by Crippen LogP contribution is -2.24. The predicted octanol–water partition coefficient (Wildman–Crippen LogP) is 4.99. The van der Waals surface area contributed by atoms with Gasteiger partial charge >= 0.3 is 0 Å². The van der Waals surface area contributed by atoms with Crippen molar-refractivity contribution in [3.8, 4) is 17.0 Å². The third-order valence-electron chi connectivity index (χ3n) is 5.51. The van der Waals surface area contributed by atoms with Crippen LogP contribution >= 0.6 is 0 Å². The molecule has 3 rings (SSSR count). The van der Waals surface area contributed by atoms with Gasteiger partial charge in [-0.2, -0.15) is 4.99 Å². The molecule has 1 aromatic heterocycles. The maximum atomic E-state index is 12.8. The van der Waals surface area contributed by atoms with Crippen molar-refractivity contribution in [2.24, 2.45) is 16.5 Å². The highest BCUT2D eigenvalue weighted by molar-refractivity contribution is 6.11. The van der Waals surface area contributed by atoms with Crippen molar-refractivity contribution in [2.45, 2.75) is 46.0 Å². The van der Waals surface area contributed by atoms with Crippen LogP contribution in [-0.4, -0.2) is 36.7 Å². The third kappa shape index (κ3) is 7.02. The molecule has 0 saturated carbocycles. The largest absolute Gasteiger partial charge is 0.494 e. The summed E-state index contributed by atoms with van der Waals surface area (Å²) in [5, 5.41) is 0.647. The van der Waals surface area contributed by atoms with Gasteiger partial charge in [0.15, 0.2) is 5.96 Å². The zero-order chi connectivity index (χ0) is 24.3. The lowest BCUT2D eigenvalue weighted by molar-refractivity contribution is 0.100. The Morgan fingerprint density at radius 3 is 2.50 bits per heavy atom. The number of nitrogens with two attached hydrogens (primary N) is 2. The van der Waals surface area contributed by atoms with Crippen LogP contribution < -0.4 is 16.2 Å². The summed E-state index contributed by atoms with van der Waals surface area (Å²) < 4.78 is 11.5. The van der Waals surface area contributed by atoms with Gasteiger partial charge in [0, 0.05) is 24.2 Å². The zero-order valence-corrected chi connectivity index (χ0v) is 20.0. The smallest absolute Gasteiger partial charge is 0.280 e. The molecule has 0 bridgehead atoms. The fourth-order valence-corrected chi connectivity index (χ4v) is 3.67. The first-order chi connectivity index (χ1) is 16.5. The topological polar surface area (TPSA) is 113 Å². The fraction of sp³-hybridized carbons (Fsp3) is 0.370. The number of benzene rings is 2. The summed E-state index contributed by atoms with van der Waals surface area (Å²) in [4.78, 5) is 21.4. The molecular formula is C27H34N4O3. The number of hydrogen-bond donors (Lipinski definition) is 2. The molecule has 0 radical (unpaired) electrons. The summed E-state index contributed by atoms with van der Waals surface area (Å²) in [6.45, 7) is 6.39. The predicted molar refractivity (Wildman–Crippen MR) is 137 cm³/mol. The van der Waals surface area contributed by atoms with E-state index in [4.69, 9.17) is 25.9 Å². The maximum Gasteiger partial charge on any atom is 0.280 e. The number of aliphatic imine (C=N–C) groups is 1. The lowest BCUT2D eigenvalue weighted by Gasteiger charge is -2.12. The van der Waals surface area contributed by atoms with Crippen molar-refractivity contribution in [1.29, 1.82) is 0 Å². The molecular weight excluding hydrogens is 428 g/mol. The number of amides is 1. The summed E-state index contributed by atoms with van der Waals surface area (Å²) in [7, 11) is 0. The standard InChI is InChI=1S/C27H34N4O3/c1-3-4-14-33-15-8-5-9-16-34-20-12-13-24-22(17-20)23(26(32)31-27(28)29)18-25(30-24)21-11-7-6-10-19(21)2/h6-7,10-13,17-18H,3-5,8-9,14-16H2,1-2H3,(H4,28,29,31,32). The molecule has 0 spiro atoms. The molecule has 2 aromatic carbocycles.